The van der Waals surface area contributed by atoms with Gasteiger partial charge in [0.2, 0.25) is 0 Å². The fourth-order valence-corrected chi connectivity index (χ4v) is 1.49. The maximum absolute atomic E-state index is 9.55. The first kappa shape index (κ1) is 7.22. The van der Waals surface area contributed by atoms with E-state index in [9.17, 15) is 5.11 Å². The van der Waals surface area contributed by atoms with Crippen LogP contribution in [-0.2, 0) is 7.05 Å². The zero-order chi connectivity index (χ0) is 8.72. The summed E-state index contributed by atoms with van der Waals surface area (Å²) in [6.07, 6.45) is 1.95. The lowest BCUT2D eigenvalue weighted by atomic mass is 10.1. The molecule has 0 atom stereocenters. The summed E-state index contributed by atoms with van der Waals surface area (Å²) < 4.78 is 2.00. The van der Waals surface area contributed by atoms with E-state index in [-0.39, 0.29) is 0 Å². The maximum atomic E-state index is 9.55. The third-order valence-corrected chi connectivity index (χ3v) is 2.13. The second-order valence-corrected chi connectivity index (χ2v) is 3.14. The first-order valence-electron chi connectivity index (χ1n) is 3.93. The molecule has 2 rings (SSSR count). The van der Waals surface area contributed by atoms with Gasteiger partial charge in [0.1, 0.15) is 5.75 Å². The van der Waals surface area contributed by atoms with Crippen molar-refractivity contribution in [3.8, 4) is 5.75 Å². The summed E-state index contributed by atoms with van der Waals surface area (Å²) in [5.41, 5.74) is 2.16. The van der Waals surface area contributed by atoms with E-state index in [1.807, 2.05) is 30.8 Å². The van der Waals surface area contributed by atoms with Crippen LogP contribution in [0.25, 0.3) is 10.9 Å². The third kappa shape index (κ3) is 0.881. The van der Waals surface area contributed by atoms with Gasteiger partial charge in [0.05, 0.1) is 5.52 Å². The summed E-state index contributed by atoms with van der Waals surface area (Å²) in [6, 6.07) is 5.77. The van der Waals surface area contributed by atoms with Crippen LogP contribution in [0.15, 0.2) is 24.4 Å². The minimum absolute atomic E-state index is 0.366. The lowest BCUT2D eigenvalue weighted by molar-refractivity contribution is 0.481. The van der Waals surface area contributed by atoms with Crippen LogP contribution in [0.3, 0.4) is 0 Å². The summed E-state index contributed by atoms with van der Waals surface area (Å²) in [7, 11) is 1.97. The highest BCUT2D eigenvalue weighted by molar-refractivity contribution is 5.86. The van der Waals surface area contributed by atoms with Crippen molar-refractivity contribution in [2.45, 2.75) is 6.92 Å². The number of aromatic nitrogens is 1. The number of phenols is 1. The Labute approximate surface area is 71.1 Å². The van der Waals surface area contributed by atoms with Crippen LogP contribution in [0.4, 0.5) is 0 Å². The molecule has 1 N–H and O–H groups in total. The van der Waals surface area contributed by atoms with E-state index >= 15 is 0 Å². The highest BCUT2D eigenvalue weighted by Crippen LogP contribution is 2.26. The molecule has 0 aliphatic rings. The van der Waals surface area contributed by atoms with Gasteiger partial charge in [-0.05, 0) is 30.7 Å². The first-order chi connectivity index (χ1) is 5.68. The number of hydrogen-bond acceptors (Lipinski definition) is 1. The van der Waals surface area contributed by atoms with E-state index in [0.29, 0.717) is 5.75 Å². The van der Waals surface area contributed by atoms with E-state index in [1.54, 1.807) is 6.07 Å². The minimum atomic E-state index is 0.366. The lowest BCUT2D eigenvalue weighted by Crippen LogP contribution is -1.84. The summed E-state index contributed by atoms with van der Waals surface area (Å²) >= 11 is 0. The van der Waals surface area contributed by atoms with Gasteiger partial charge < -0.3 is 9.67 Å². The number of benzene rings is 1. The van der Waals surface area contributed by atoms with Crippen molar-refractivity contribution in [3.63, 3.8) is 0 Å². The number of rotatable bonds is 0. The predicted octanol–water partition coefficient (Wildman–Crippen LogP) is 2.19. The van der Waals surface area contributed by atoms with E-state index in [2.05, 4.69) is 6.07 Å². The lowest BCUT2D eigenvalue weighted by Gasteiger charge is -2.00. The molecule has 1 aromatic carbocycles. The van der Waals surface area contributed by atoms with Gasteiger partial charge in [-0.3, -0.25) is 0 Å². The van der Waals surface area contributed by atoms with Gasteiger partial charge in [-0.1, -0.05) is 0 Å². The number of nitrogens with zero attached hydrogens (tertiary/aromatic N) is 1. The Morgan fingerprint density at radius 2 is 2.08 bits per heavy atom. The molecule has 0 saturated heterocycles. The molecule has 0 spiro atoms. The number of aromatic hydroxyl groups is 1. The van der Waals surface area contributed by atoms with E-state index in [4.69, 9.17) is 0 Å². The average Bonchev–Trinajstić information content (AvgIpc) is 2.33. The molecule has 0 unspecified atom stereocenters. The van der Waals surface area contributed by atoms with Gasteiger partial charge in [0, 0.05) is 18.6 Å². The van der Waals surface area contributed by atoms with Crippen molar-refractivity contribution in [3.05, 3.63) is 30.0 Å². The van der Waals surface area contributed by atoms with Gasteiger partial charge in [0.15, 0.2) is 0 Å². The van der Waals surface area contributed by atoms with Crippen LogP contribution in [0.2, 0.25) is 0 Å². The molecule has 0 amide bonds. The van der Waals surface area contributed by atoms with Crippen LogP contribution in [-0.4, -0.2) is 9.67 Å². The number of phenolic OH excluding ortho intramolecular Hbond substituents is 1. The van der Waals surface area contributed by atoms with Crippen LogP contribution >= 0.6 is 0 Å². The minimum Gasteiger partial charge on any atom is -0.507 e. The van der Waals surface area contributed by atoms with E-state index in [0.717, 1.165) is 16.5 Å². The molecule has 0 bridgehead atoms. The Morgan fingerprint density at radius 1 is 1.33 bits per heavy atom. The van der Waals surface area contributed by atoms with Crippen molar-refractivity contribution in [2.75, 3.05) is 0 Å². The topological polar surface area (TPSA) is 25.2 Å². The van der Waals surface area contributed by atoms with Crippen LogP contribution in [0, 0.1) is 6.92 Å². The quantitative estimate of drug-likeness (QED) is 0.629. The van der Waals surface area contributed by atoms with E-state index in [1.165, 1.54) is 0 Å². The van der Waals surface area contributed by atoms with Crippen LogP contribution in [0.1, 0.15) is 5.56 Å². The number of aryl methyl sites for hydroxylation is 2. The zero-order valence-corrected chi connectivity index (χ0v) is 7.20. The molecule has 0 fully saturated rings. The van der Waals surface area contributed by atoms with Crippen LogP contribution < -0.4 is 0 Å². The molecule has 62 valence electrons. The fraction of sp³-hybridized carbons (Fsp3) is 0.200. The van der Waals surface area contributed by atoms with Crippen molar-refractivity contribution >= 4 is 10.9 Å². The summed E-state index contributed by atoms with van der Waals surface area (Å²) in [6.45, 7) is 1.98. The molecule has 0 saturated carbocycles. The largest absolute Gasteiger partial charge is 0.507 e. The van der Waals surface area contributed by atoms with Gasteiger partial charge >= 0.3 is 0 Å². The van der Waals surface area contributed by atoms with Gasteiger partial charge in [-0.25, -0.2) is 0 Å². The molecule has 2 nitrogen and oxygen atoms in total. The molecule has 2 heteroatoms. The van der Waals surface area contributed by atoms with Crippen molar-refractivity contribution in [1.29, 1.82) is 0 Å². The SMILES string of the molecule is Cc1cc(O)c2ccn(C)c2c1. The average molecular weight is 161 g/mol. The fourth-order valence-electron chi connectivity index (χ4n) is 1.49. The van der Waals surface area contributed by atoms with E-state index < -0.39 is 0 Å². The second-order valence-electron chi connectivity index (χ2n) is 3.14. The maximum Gasteiger partial charge on any atom is 0.125 e. The van der Waals surface area contributed by atoms with Crippen LogP contribution in [0.5, 0.6) is 5.75 Å². The highest BCUT2D eigenvalue weighted by Gasteiger charge is 2.02. The Morgan fingerprint density at radius 3 is 2.83 bits per heavy atom. The zero-order valence-electron chi connectivity index (χ0n) is 7.20. The second kappa shape index (κ2) is 2.27. The van der Waals surface area contributed by atoms with Crippen molar-refractivity contribution < 1.29 is 5.11 Å². The normalized spacial score (nSPS) is 10.8. The highest BCUT2D eigenvalue weighted by atomic mass is 16.3. The van der Waals surface area contributed by atoms with Gasteiger partial charge in [-0.15, -0.1) is 0 Å². The molecule has 1 aromatic heterocycles. The first-order valence-corrected chi connectivity index (χ1v) is 3.93. The smallest absolute Gasteiger partial charge is 0.125 e. The van der Waals surface area contributed by atoms with Gasteiger partial charge in [0.25, 0.3) is 0 Å². The summed E-state index contributed by atoms with van der Waals surface area (Å²) in [4.78, 5) is 0. The van der Waals surface area contributed by atoms with Gasteiger partial charge in [-0.2, -0.15) is 0 Å². The molecule has 0 aliphatic heterocycles. The molecule has 0 radical (unpaired) electrons. The summed E-state index contributed by atoms with van der Waals surface area (Å²) in [5.74, 6) is 0.366. The monoisotopic (exact) mass is 161 g/mol. The molecule has 2 aromatic rings. The Hall–Kier alpha value is -1.44. The Bertz CT molecular complexity index is 429. The predicted molar refractivity (Wildman–Crippen MR) is 49.3 cm³/mol. The standard InChI is InChI=1S/C10H11NO/c1-7-5-9-8(10(12)6-7)3-4-11(9)2/h3-6,12H,1-2H3. The molecule has 1 heterocycles. The van der Waals surface area contributed by atoms with Crippen molar-refractivity contribution in [2.24, 2.45) is 7.05 Å². The summed E-state index contributed by atoms with van der Waals surface area (Å²) in [5, 5.41) is 10.5. The Balaban J connectivity index is 2.92. The molecule has 12 heavy (non-hydrogen) atoms. The molecular formula is C10H11NO. The molecular weight excluding hydrogens is 150 g/mol. The van der Waals surface area contributed by atoms with Crippen molar-refractivity contribution in [1.82, 2.24) is 4.57 Å². The number of hydrogen-bond donors (Lipinski definition) is 1. The molecule has 0 aliphatic carbocycles. The Kier molecular flexibility index (Phi) is 1.37. The third-order valence-electron chi connectivity index (χ3n) is 2.13. The number of fused-ring (bicyclic) bond motifs is 1.